The number of aryl methyl sites for hydroxylation is 2. The average Bonchev–Trinajstić information content (AvgIpc) is 3.32. The number of thiophene rings is 1. The minimum atomic E-state index is -0.332. The number of halogens is 1. The Bertz CT molecular complexity index is 1150. The lowest BCUT2D eigenvalue weighted by atomic mass is 10.1. The lowest BCUT2D eigenvalue weighted by Crippen LogP contribution is -2.31. The van der Waals surface area contributed by atoms with Crippen LogP contribution in [-0.2, 0) is 7.05 Å². The number of benzene rings is 1. The summed E-state index contributed by atoms with van der Waals surface area (Å²) < 4.78 is 15.0. The van der Waals surface area contributed by atoms with Gasteiger partial charge in [-0.2, -0.15) is 5.10 Å². The zero-order chi connectivity index (χ0) is 19.8. The molecule has 0 spiro atoms. The number of fused-ring (bicyclic) bond motifs is 1. The molecule has 0 N–H and O–H groups in total. The number of carbonyl (C=O) groups is 1. The highest BCUT2D eigenvalue weighted by Crippen LogP contribution is 2.31. The summed E-state index contributed by atoms with van der Waals surface area (Å²) in [5.74, 6) is -0.489. The van der Waals surface area contributed by atoms with E-state index >= 15 is 0 Å². The largest absolute Gasteiger partial charge is 0.309 e. The molecule has 1 aromatic carbocycles. The molecule has 0 fully saturated rings. The molecule has 4 rings (SSSR count). The molecule has 0 aliphatic carbocycles. The van der Waals surface area contributed by atoms with Gasteiger partial charge in [-0.3, -0.25) is 9.48 Å². The molecule has 0 bridgehead atoms. The summed E-state index contributed by atoms with van der Waals surface area (Å²) in [6.07, 6.45) is 0. The van der Waals surface area contributed by atoms with Crippen LogP contribution in [0.25, 0.3) is 21.6 Å². The number of aromatic nitrogens is 3. The van der Waals surface area contributed by atoms with Crippen molar-refractivity contribution in [2.75, 3.05) is 11.4 Å². The Morgan fingerprint density at radius 1 is 1.25 bits per heavy atom. The van der Waals surface area contributed by atoms with E-state index in [0.29, 0.717) is 23.4 Å². The Kier molecular flexibility index (Phi) is 4.68. The van der Waals surface area contributed by atoms with Crippen molar-refractivity contribution in [3.8, 4) is 10.6 Å². The summed E-state index contributed by atoms with van der Waals surface area (Å²) in [6.45, 7) is 4.23. The first-order chi connectivity index (χ1) is 13.5. The minimum absolute atomic E-state index is 0.157. The summed E-state index contributed by atoms with van der Waals surface area (Å²) in [7, 11) is 1.83. The van der Waals surface area contributed by atoms with Crippen LogP contribution in [0.15, 0.2) is 47.8 Å². The molecule has 0 aliphatic rings. The van der Waals surface area contributed by atoms with E-state index in [2.05, 4.69) is 5.10 Å². The van der Waals surface area contributed by atoms with E-state index in [0.717, 1.165) is 21.7 Å². The molecule has 3 heterocycles. The first kappa shape index (κ1) is 18.3. The second kappa shape index (κ2) is 7.16. The highest BCUT2D eigenvalue weighted by molar-refractivity contribution is 7.13. The van der Waals surface area contributed by atoms with Crippen LogP contribution < -0.4 is 4.90 Å². The van der Waals surface area contributed by atoms with Crippen LogP contribution in [0.2, 0.25) is 0 Å². The fourth-order valence-electron chi connectivity index (χ4n) is 3.37. The fourth-order valence-corrected chi connectivity index (χ4v) is 4.06. The van der Waals surface area contributed by atoms with E-state index in [-0.39, 0.29) is 11.7 Å². The van der Waals surface area contributed by atoms with E-state index < -0.39 is 0 Å². The maximum atomic E-state index is 13.5. The Morgan fingerprint density at radius 3 is 2.64 bits per heavy atom. The Hall–Kier alpha value is -3.06. The number of nitrogens with zero attached hydrogens (tertiary/aromatic N) is 4. The number of pyridine rings is 1. The van der Waals surface area contributed by atoms with E-state index in [1.165, 1.54) is 12.1 Å². The van der Waals surface area contributed by atoms with Crippen molar-refractivity contribution in [1.29, 1.82) is 0 Å². The van der Waals surface area contributed by atoms with Crippen molar-refractivity contribution in [1.82, 2.24) is 14.8 Å². The number of amides is 1. The van der Waals surface area contributed by atoms with Crippen LogP contribution in [0.5, 0.6) is 0 Å². The van der Waals surface area contributed by atoms with Crippen LogP contribution in [0.4, 0.5) is 10.1 Å². The van der Waals surface area contributed by atoms with Crippen LogP contribution in [0.1, 0.15) is 23.0 Å². The first-order valence-electron chi connectivity index (χ1n) is 8.95. The van der Waals surface area contributed by atoms with Crippen molar-refractivity contribution in [3.63, 3.8) is 0 Å². The molecule has 0 unspecified atom stereocenters. The molecule has 0 atom stereocenters. The number of rotatable bonds is 4. The van der Waals surface area contributed by atoms with Gasteiger partial charge in [0.15, 0.2) is 5.65 Å². The van der Waals surface area contributed by atoms with Crippen LogP contribution in [0.3, 0.4) is 0 Å². The monoisotopic (exact) mass is 394 g/mol. The van der Waals surface area contributed by atoms with Crippen LogP contribution in [0, 0.1) is 12.7 Å². The smallest absolute Gasteiger partial charge is 0.259 e. The van der Waals surface area contributed by atoms with Gasteiger partial charge in [0, 0.05) is 19.3 Å². The van der Waals surface area contributed by atoms with Gasteiger partial charge in [0.1, 0.15) is 5.82 Å². The molecule has 142 valence electrons. The zero-order valence-electron chi connectivity index (χ0n) is 15.8. The third-order valence-corrected chi connectivity index (χ3v) is 5.56. The van der Waals surface area contributed by atoms with Gasteiger partial charge < -0.3 is 4.90 Å². The maximum absolute atomic E-state index is 13.5. The number of hydrogen-bond acceptors (Lipinski definition) is 4. The standard InChI is InChI=1S/C21H19FN4OS/c1-4-26(15-9-7-14(22)8-10-15)21(27)16-12-17(18-6-5-11-28-18)23-20-19(16)13(2)24-25(20)3/h5-12H,4H2,1-3H3. The van der Waals surface area contributed by atoms with E-state index in [1.54, 1.807) is 33.1 Å². The predicted molar refractivity (Wildman–Crippen MR) is 110 cm³/mol. The quantitative estimate of drug-likeness (QED) is 0.499. The first-order valence-corrected chi connectivity index (χ1v) is 9.83. The van der Waals surface area contributed by atoms with Crippen molar-refractivity contribution in [3.05, 3.63) is 64.9 Å². The molecular formula is C21H19FN4OS. The lowest BCUT2D eigenvalue weighted by Gasteiger charge is -2.22. The molecular weight excluding hydrogens is 375 g/mol. The van der Waals surface area contributed by atoms with Crippen LogP contribution >= 0.6 is 11.3 Å². The molecule has 7 heteroatoms. The van der Waals surface area contributed by atoms with Gasteiger partial charge in [0.05, 0.1) is 27.2 Å². The van der Waals surface area contributed by atoms with Crippen molar-refractivity contribution in [2.24, 2.45) is 7.05 Å². The maximum Gasteiger partial charge on any atom is 0.259 e. The molecule has 0 saturated heterocycles. The molecule has 5 nitrogen and oxygen atoms in total. The minimum Gasteiger partial charge on any atom is -0.309 e. The van der Waals surface area contributed by atoms with Gasteiger partial charge in [-0.05, 0) is 55.6 Å². The number of hydrogen-bond donors (Lipinski definition) is 0. The molecule has 4 aromatic rings. The average molecular weight is 394 g/mol. The highest BCUT2D eigenvalue weighted by atomic mass is 32.1. The topological polar surface area (TPSA) is 51.0 Å². The predicted octanol–water partition coefficient (Wildman–Crippen LogP) is 4.81. The normalized spacial score (nSPS) is 11.1. The van der Waals surface area contributed by atoms with E-state index in [4.69, 9.17) is 4.98 Å². The van der Waals surface area contributed by atoms with Gasteiger partial charge in [-0.15, -0.1) is 11.3 Å². The molecule has 1 amide bonds. The highest BCUT2D eigenvalue weighted by Gasteiger charge is 2.24. The molecule has 0 saturated carbocycles. The summed E-state index contributed by atoms with van der Waals surface area (Å²) in [5, 5.41) is 7.19. The van der Waals surface area contributed by atoms with Gasteiger partial charge in [-0.1, -0.05) is 6.07 Å². The summed E-state index contributed by atoms with van der Waals surface area (Å²) in [5.41, 5.74) is 3.36. The Morgan fingerprint density at radius 2 is 2.00 bits per heavy atom. The third-order valence-electron chi connectivity index (χ3n) is 4.67. The van der Waals surface area contributed by atoms with E-state index in [9.17, 15) is 9.18 Å². The van der Waals surface area contributed by atoms with Gasteiger partial charge >= 0.3 is 0 Å². The summed E-state index contributed by atoms with van der Waals surface area (Å²) in [6, 6.07) is 11.7. The second-order valence-corrected chi connectivity index (χ2v) is 7.41. The van der Waals surface area contributed by atoms with Crippen LogP contribution in [-0.4, -0.2) is 27.2 Å². The van der Waals surface area contributed by atoms with E-state index in [1.807, 2.05) is 44.5 Å². The second-order valence-electron chi connectivity index (χ2n) is 6.47. The number of anilines is 1. The Balaban J connectivity index is 1.90. The van der Waals surface area contributed by atoms with Crippen molar-refractivity contribution < 1.29 is 9.18 Å². The van der Waals surface area contributed by atoms with Crippen molar-refractivity contribution >= 4 is 34.0 Å². The molecule has 3 aromatic heterocycles. The lowest BCUT2D eigenvalue weighted by molar-refractivity contribution is 0.0990. The molecule has 28 heavy (non-hydrogen) atoms. The summed E-state index contributed by atoms with van der Waals surface area (Å²) in [4.78, 5) is 20.9. The zero-order valence-corrected chi connectivity index (χ0v) is 16.6. The van der Waals surface area contributed by atoms with Gasteiger partial charge in [0.25, 0.3) is 5.91 Å². The third kappa shape index (κ3) is 3.07. The Labute approximate surface area is 166 Å². The SMILES string of the molecule is CCN(C(=O)c1cc(-c2cccs2)nc2c1c(C)nn2C)c1ccc(F)cc1. The summed E-state index contributed by atoms with van der Waals surface area (Å²) >= 11 is 1.57. The molecule has 0 radical (unpaired) electrons. The molecule has 0 aliphatic heterocycles. The number of carbonyl (C=O) groups excluding carboxylic acids is 1. The van der Waals surface area contributed by atoms with Crippen molar-refractivity contribution in [2.45, 2.75) is 13.8 Å². The van der Waals surface area contributed by atoms with Gasteiger partial charge in [-0.25, -0.2) is 9.37 Å². The van der Waals surface area contributed by atoms with Gasteiger partial charge in [0.2, 0.25) is 0 Å². The fraction of sp³-hybridized carbons (Fsp3) is 0.190.